The molecule has 114 valence electrons. The molecule has 0 amide bonds. The summed E-state index contributed by atoms with van der Waals surface area (Å²) in [4.78, 5) is 13.7. The topological polar surface area (TPSA) is 145 Å². The Morgan fingerprint density at radius 1 is 1.33 bits per heavy atom. The van der Waals surface area contributed by atoms with Gasteiger partial charge in [-0.05, 0) is 17.7 Å². The minimum atomic E-state index is -1.55. The van der Waals surface area contributed by atoms with Gasteiger partial charge in [0.15, 0.2) is 11.5 Å². The second kappa shape index (κ2) is 7.34. The van der Waals surface area contributed by atoms with Gasteiger partial charge in [0, 0.05) is 10.5 Å². The summed E-state index contributed by atoms with van der Waals surface area (Å²) in [5.41, 5.74) is 7.88. The average Bonchev–Trinajstić information content (AvgIpc) is 2.50. The molecule has 1 rings (SSSR count). The highest BCUT2D eigenvalue weighted by Gasteiger charge is 2.25. The molecule has 0 aliphatic carbocycles. The van der Waals surface area contributed by atoms with Gasteiger partial charge in [0.2, 0.25) is 0 Å². The van der Waals surface area contributed by atoms with E-state index in [0.29, 0.717) is 0 Å². The lowest BCUT2D eigenvalue weighted by atomic mass is 9.97. The summed E-state index contributed by atoms with van der Waals surface area (Å²) in [6.07, 6.45) is -3.00. The predicted molar refractivity (Wildman–Crippen MR) is 71.5 cm³/mol. The van der Waals surface area contributed by atoms with Gasteiger partial charge in [-0.3, -0.25) is 0 Å². The van der Waals surface area contributed by atoms with Crippen molar-refractivity contribution in [2.75, 3.05) is 20.8 Å². The lowest BCUT2D eigenvalue weighted by molar-refractivity contribution is 0.0231. The predicted octanol–water partition coefficient (Wildman–Crippen LogP) is 1.11. The first-order valence-electron chi connectivity index (χ1n) is 5.82. The van der Waals surface area contributed by atoms with E-state index in [9.17, 15) is 20.1 Å². The summed E-state index contributed by atoms with van der Waals surface area (Å²) in [5, 5.41) is 32.1. The maximum atomic E-state index is 11.3. The van der Waals surface area contributed by atoms with Crippen molar-refractivity contribution >= 4 is 5.97 Å². The summed E-state index contributed by atoms with van der Waals surface area (Å²) < 4.78 is 10.0. The van der Waals surface area contributed by atoms with Gasteiger partial charge >= 0.3 is 5.97 Å². The first kappa shape index (κ1) is 16.6. The van der Waals surface area contributed by atoms with Crippen molar-refractivity contribution in [3.8, 4) is 11.5 Å². The van der Waals surface area contributed by atoms with Crippen molar-refractivity contribution in [3.63, 3.8) is 0 Å². The number of benzene rings is 1. The van der Waals surface area contributed by atoms with Crippen molar-refractivity contribution in [3.05, 3.63) is 33.7 Å². The van der Waals surface area contributed by atoms with Gasteiger partial charge in [-0.1, -0.05) is 5.11 Å². The lowest BCUT2D eigenvalue weighted by Gasteiger charge is -2.20. The Hall–Kier alpha value is -2.48. The van der Waals surface area contributed by atoms with Gasteiger partial charge in [0.1, 0.15) is 6.10 Å². The molecule has 0 bridgehead atoms. The molecule has 0 fully saturated rings. The number of methoxy groups -OCH3 is 2. The SMILES string of the molecule is COc1cc(C(=O)O)c(C(O)C(O)CN=[N+]=[N-])cc1OC. The highest BCUT2D eigenvalue weighted by atomic mass is 16.5. The summed E-state index contributed by atoms with van der Waals surface area (Å²) >= 11 is 0. The van der Waals surface area contributed by atoms with Gasteiger partial charge in [-0.25, -0.2) is 4.79 Å². The van der Waals surface area contributed by atoms with E-state index < -0.39 is 24.7 Å². The third-order valence-electron chi connectivity index (χ3n) is 2.80. The van der Waals surface area contributed by atoms with E-state index in [2.05, 4.69) is 10.0 Å². The number of ether oxygens (including phenoxy) is 2. The molecule has 0 spiro atoms. The quantitative estimate of drug-likeness (QED) is 0.390. The molecule has 3 N–H and O–H groups in total. The zero-order chi connectivity index (χ0) is 16.0. The van der Waals surface area contributed by atoms with Crippen LogP contribution in [0, 0.1) is 0 Å². The van der Waals surface area contributed by atoms with Crippen LogP contribution in [0.25, 0.3) is 10.4 Å². The van der Waals surface area contributed by atoms with Crippen LogP contribution in [0.3, 0.4) is 0 Å². The van der Waals surface area contributed by atoms with Crippen molar-refractivity contribution in [1.29, 1.82) is 0 Å². The number of aromatic carboxylic acids is 1. The van der Waals surface area contributed by atoms with Crippen LogP contribution in [-0.4, -0.2) is 48.2 Å². The van der Waals surface area contributed by atoms with Gasteiger partial charge in [-0.2, -0.15) is 0 Å². The fourth-order valence-electron chi connectivity index (χ4n) is 1.75. The zero-order valence-electron chi connectivity index (χ0n) is 11.4. The fraction of sp³-hybridized carbons (Fsp3) is 0.417. The average molecular weight is 297 g/mol. The largest absolute Gasteiger partial charge is 0.493 e. The van der Waals surface area contributed by atoms with Gasteiger partial charge in [0.05, 0.1) is 32.4 Å². The number of rotatable bonds is 7. The number of azide groups is 1. The van der Waals surface area contributed by atoms with Gasteiger partial charge in [-0.15, -0.1) is 0 Å². The minimum Gasteiger partial charge on any atom is -0.493 e. The van der Waals surface area contributed by atoms with E-state index in [1.165, 1.54) is 26.4 Å². The molecule has 0 aliphatic heterocycles. The summed E-state index contributed by atoms with van der Waals surface area (Å²) in [7, 11) is 2.70. The van der Waals surface area contributed by atoms with Crippen LogP contribution >= 0.6 is 0 Å². The van der Waals surface area contributed by atoms with Crippen LogP contribution < -0.4 is 9.47 Å². The summed E-state index contributed by atoms with van der Waals surface area (Å²) in [6, 6.07) is 2.44. The van der Waals surface area contributed by atoms with Crippen LogP contribution in [0.4, 0.5) is 0 Å². The second-order valence-corrected chi connectivity index (χ2v) is 4.03. The monoisotopic (exact) mass is 297 g/mol. The minimum absolute atomic E-state index is 0.0687. The van der Waals surface area contributed by atoms with E-state index in [1.807, 2.05) is 0 Å². The smallest absolute Gasteiger partial charge is 0.336 e. The second-order valence-electron chi connectivity index (χ2n) is 4.03. The number of aliphatic hydroxyl groups is 2. The number of carboxylic acids is 1. The third kappa shape index (κ3) is 3.76. The maximum Gasteiger partial charge on any atom is 0.336 e. The number of nitrogens with zero attached hydrogens (tertiary/aromatic N) is 3. The van der Waals surface area contributed by atoms with Crippen LogP contribution in [0.1, 0.15) is 22.0 Å². The molecule has 9 heteroatoms. The van der Waals surface area contributed by atoms with Gasteiger partial charge in [0.25, 0.3) is 0 Å². The first-order chi connectivity index (χ1) is 9.96. The van der Waals surface area contributed by atoms with Crippen LogP contribution in [0.2, 0.25) is 0 Å². The molecule has 0 saturated heterocycles. The molecule has 9 nitrogen and oxygen atoms in total. The van der Waals surface area contributed by atoms with E-state index in [-0.39, 0.29) is 22.6 Å². The van der Waals surface area contributed by atoms with Crippen molar-refractivity contribution in [1.82, 2.24) is 0 Å². The molecule has 1 aromatic carbocycles. The fourth-order valence-corrected chi connectivity index (χ4v) is 1.75. The number of hydrogen-bond donors (Lipinski definition) is 3. The number of aliphatic hydroxyl groups excluding tert-OH is 2. The Bertz CT molecular complexity index is 570. The summed E-state index contributed by atoms with van der Waals surface area (Å²) in [6.45, 7) is -0.398. The van der Waals surface area contributed by atoms with Gasteiger partial charge < -0.3 is 24.8 Å². The van der Waals surface area contributed by atoms with Crippen LogP contribution in [0.15, 0.2) is 17.2 Å². The molecule has 2 unspecified atom stereocenters. The number of hydrogen-bond acceptors (Lipinski definition) is 6. The molecule has 0 radical (unpaired) electrons. The van der Waals surface area contributed by atoms with Crippen LogP contribution in [-0.2, 0) is 0 Å². The first-order valence-corrected chi connectivity index (χ1v) is 5.82. The molecule has 0 aliphatic rings. The molecular weight excluding hydrogens is 282 g/mol. The molecule has 2 atom stereocenters. The number of carbonyl (C=O) groups is 1. The van der Waals surface area contributed by atoms with Crippen molar-refractivity contribution in [2.24, 2.45) is 5.11 Å². The highest BCUT2D eigenvalue weighted by Crippen LogP contribution is 2.34. The van der Waals surface area contributed by atoms with E-state index in [1.54, 1.807) is 0 Å². The van der Waals surface area contributed by atoms with E-state index in [0.717, 1.165) is 0 Å². The Morgan fingerprint density at radius 3 is 2.38 bits per heavy atom. The standard InChI is InChI=1S/C12H15N3O6/c1-20-9-3-6(11(17)8(16)5-14-15-13)7(12(18)19)4-10(9)21-2/h3-4,8,11,16-17H,5H2,1-2H3,(H,18,19). The lowest BCUT2D eigenvalue weighted by Crippen LogP contribution is -2.23. The van der Waals surface area contributed by atoms with E-state index >= 15 is 0 Å². The Balaban J connectivity index is 3.31. The third-order valence-corrected chi connectivity index (χ3v) is 2.80. The Labute approximate surface area is 120 Å². The van der Waals surface area contributed by atoms with Crippen molar-refractivity contribution in [2.45, 2.75) is 12.2 Å². The number of carboxylic acid groups (broad SMARTS) is 1. The van der Waals surface area contributed by atoms with Crippen molar-refractivity contribution < 1.29 is 29.6 Å². The molecule has 0 saturated carbocycles. The Morgan fingerprint density at radius 2 is 1.90 bits per heavy atom. The molecule has 0 heterocycles. The van der Waals surface area contributed by atoms with E-state index in [4.69, 9.17) is 15.0 Å². The zero-order valence-corrected chi connectivity index (χ0v) is 11.4. The summed E-state index contributed by atoms with van der Waals surface area (Å²) in [5.74, 6) is -0.927. The molecule has 1 aromatic rings. The van der Waals surface area contributed by atoms with Crippen LogP contribution in [0.5, 0.6) is 11.5 Å². The maximum absolute atomic E-state index is 11.3. The Kier molecular flexibility index (Phi) is 5.79. The highest BCUT2D eigenvalue weighted by molar-refractivity contribution is 5.90. The molecule has 21 heavy (non-hydrogen) atoms. The molecular formula is C12H15N3O6. The normalized spacial score (nSPS) is 13.0. The molecule has 0 aromatic heterocycles.